The van der Waals surface area contributed by atoms with Gasteiger partial charge in [-0.3, -0.25) is 0 Å². The molecular formula is C25H20ClN5O2S. The second-order valence-electron chi connectivity index (χ2n) is 7.78. The number of benzene rings is 3. The summed E-state index contributed by atoms with van der Waals surface area (Å²) >= 11 is 6.00. The third kappa shape index (κ3) is 4.51. The molecule has 0 saturated carbocycles. The zero-order chi connectivity index (χ0) is 23.7. The monoisotopic (exact) mass is 489 g/mol. The molecule has 2 aromatic heterocycles. The summed E-state index contributed by atoms with van der Waals surface area (Å²) in [6.07, 6.45) is 3.39. The van der Waals surface area contributed by atoms with Gasteiger partial charge in [-0.05, 0) is 46.5 Å². The Balaban J connectivity index is 1.45. The molecule has 0 aliphatic rings. The number of aromatic nitrogens is 3. The number of nitrogens with zero attached hydrogens (tertiary/aromatic N) is 2. The number of rotatable bonds is 6. The second-order valence-corrected chi connectivity index (χ2v) is 9.78. The van der Waals surface area contributed by atoms with E-state index in [4.69, 9.17) is 16.7 Å². The molecule has 0 radical (unpaired) electrons. The summed E-state index contributed by atoms with van der Waals surface area (Å²) in [5.74, 6) is 0.643. The lowest BCUT2D eigenvalue weighted by atomic mass is 10.0. The van der Waals surface area contributed by atoms with E-state index in [1.54, 1.807) is 12.1 Å². The molecule has 4 N–H and O–H groups in total. The van der Waals surface area contributed by atoms with Gasteiger partial charge >= 0.3 is 0 Å². The second kappa shape index (κ2) is 8.90. The molecule has 0 fully saturated rings. The molecule has 0 spiro atoms. The third-order valence-electron chi connectivity index (χ3n) is 5.53. The number of hydrogen-bond donors (Lipinski definition) is 3. The van der Waals surface area contributed by atoms with E-state index >= 15 is 0 Å². The molecule has 0 amide bonds. The summed E-state index contributed by atoms with van der Waals surface area (Å²) < 4.78 is 23.3. The number of nitrogens with two attached hydrogens (primary N) is 1. The van der Waals surface area contributed by atoms with Crippen LogP contribution in [0.1, 0.15) is 5.56 Å². The minimum Gasteiger partial charge on any atom is -0.365 e. The molecule has 7 nitrogen and oxygen atoms in total. The van der Waals surface area contributed by atoms with Gasteiger partial charge in [-0.25, -0.2) is 23.5 Å². The van der Waals surface area contributed by atoms with Crippen LogP contribution in [0.2, 0.25) is 5.02 Å². The van der Waals surface area contributed by atoms with E-state index in [1.165, 1.54) is 12.4 Å². The fraction of sp³-hybridized carbons (Fsp3) is 0.0400. The molecule has 0 atom stereocenters. The quantitative estimate of drug-likeness (QED) is 0.303. The topological polar surface area (TPSA) is 114 Å². The minimum absolute atomic E-state index is 0.0720. The highest BCUT2D eigenvalue weighted by Crippen LogP contribution is 2.33. The van der Waals surface area contributed by atoms with E-state index in [1.807, 2.05) is 36.5 Å². The van der Waals surface area contributed by atoms with Crippen molar-refractivity contribution in [3.8, 4) is 22.3 Å². The molecule has 5 aromatic rings. The predicted molar refractivity (Wildman–Crippen MR) is 135 cm³/mol. The first-order chi connectivity index (χ1) is 16.4. The van der Waals surface area contributed by atoms with Gasteiger partial charge in [-0.15, -0.1) is 0 Å². The van der Waals surface area contributed by atoms with Crippen LogP contribution < -0.4 is 10.5 Å². The van der Waals surface area contributed by atoms with Crippen molar-refractivity contribution in [3.63, 3.8) is 0 Å². The maximum absolute atomic E-state index is 11.7. The van der Waals surface area contributed by atoms with Crippen molar-refractivity contribution in [2.45, 2.75) is 11.4 Å². The van der Waals surface area contributed by atoms with Crippen LogP contribution in [0.4, 0.5) is 5.82 Å². The normalized spacial score (nSPS) is 11.6. The first-order valence-corrected chi connectivity index (χ1v) is 12.3. The predicted octanol–water partition coefficient (Wildman–Crippen LogP) is 5.20. The number of fused-ring (bicyclic) bond motifs is 1. The number of sulfonamides is 1. The largest absolute Gasteiger partial charge is 0.365 e. The number of anilines is 1. The molecule has 0 aliphatic heterocycles. The minimum atomic E-state index is -3.77. The summed E-state index contributed by atoms with van der Waals surface area (Å²) in [7, 11) is -3.77. The van der Waals surface area contributed by atoms with Crippen LogP contribution in [0.25, 0.3) is 33.3 Å². The summed E-state index contributed by atoms with van der Waals surface area (Å²) in [5, 5.41) is 10.1. The molecule has 0 unspecified atom stereocenters. The molecule has 2 heterocycles. The van der Waals surface area contributed by atoms with Crippen molar-refractivity contribution in [1.29, 1.82) is 0 Å². The smallest absolute Gasteiger partial charge is 0.238 e. The number of hydrogen-bond acceptors (Lipinski definition) is 5. The summed E-state index contributed by atoms with van der Waals surface area (Å²) in [6, 6.07) is 22.5. The maximum Gasteiger partial charge on any atom is 0.238 e. The van der Waals surface area contributed by atoms with Crippen LogP contribution in [0.15, 0.2) is 90.2 Å². The molecule has 3 aromatic carbocycles. The highest BCUT2D eigenvalue weighted by atomic mass is 35.5. The van der Waals surface area contributed by atoms with Crippen LogP contribution in [0.3, 0.4) is 0 Å². The Bertz CT molecular complexity index is 1580. The Morgan fingerprint density at radius 3 is 2.29 bits per heavy atom. The van der Waals surface area contributed by atoms with Gasteiger partial charge in [0.05, 0.1) is 10.3 Å². The Hall–Kier alpha value is -3.72. The zero-order valence-electron chi connectivity index (χ0n) is 17.9. The van der Waals surface area contributed by atoms with Gasteiger partial charge in [-0.1, -0.05) is 60.1 Å². The Kier molecular flexibility index (Phi) is 5.79. The van der Waals surface area contributed by atoms with Crippen molar-refractivity contribution in [1.82, 2.24) is 15.0 Å². The van der Waals surface area contributed by atoms with Crippen molar-refractivity contribution >= 4 is 38.5 Å². The highest BCUT2D eigenvalue weighted by Gasteiger charge is 2.14. The third-order valence-corrected chi connectivity index (χ3v) is 6.69. The molecule has 5 rings (SSSR count). The molecule has 0 bridgehead atoms. The highest BCUT2D eigenvalue weighted by molar-refractivity contribution is 7.89. The van der Waals surface area contributed by atoms with Crippen molar-refractivity contribution < 1.29 is 8.42 Å². The maximum atomic E-state index is 11.7. The Morgan fingerprint density at radius 1 is 0.912 bits per heavy atom. The number of aromatic amines is 1. The number of primary sulfonamides is 1. The van der Waals surface area contributed by atoms with Crippen LogP contribution in [0, 0.1) is 0 Å². The van der Waals surface area contributed by atoms with Gasteiger partial charge in [0.25, 0.3) is 0 Å². The summed E-state index contributed by atoms with van der Waals surface area (Å²) in [6.45, 7) is 0.371. The molecule has 0 aliphatic carbocycles. The van der Waals surface area contributed by atoms with Gasteiger partial charge in [0.15, 0.2) is 0 Å². The first kappa shape index (κ1) is 22.1. The SMILES string of the molecule is NS(=O)(=O)c1cccc(CNc2ncnc3[nH]cc(-c4ccc(-c5ccc(Cl)cc5)cc4)c23)c1. The Labute approximate surface area is 201 Å². The summed E-state index contributed by atoms with van der Waals surface area (Å²) in [5.41, 5.74) is 5.61. The van der Waals surface area contributed by atoms with E-state index in [9.17, 15) is 8.42 Å². The van der Waals surface area contributed by atoms with Gasteiger partial charge in [0, 0.05) is 23.3 Å². The van der Waals surface area contributed by atoms with Crippen LogP contribution >= 0.6 is 11.6 Å². The van der Waals surface area contributed by atoms with Crippen LogP contribution in [-0.4, -0.2) is 23.4 Å². The van der Waals surface area contributed by atoms with Gasteiger partial charge in [0.2, 0.25) is 10.0 Å². The number of H-pyrrole nitrogens is 1. The van der Waals surface area contributed by atoms with Gasteiger partial charge in [0.1, 0.15) is 17.8 Å². The van der Waals surface area contributed by atoms with Gasteiger partial charge < -0.3 is 10.3 Å². The molecule has 0 saturated heterocycles. The summed E-state index contributed by atoms with van der Waals surface area (Å²) in [4.78, 5) is 12.1. The lowest BCUT2D eigenvalue weighted by Gasteiger charge is -2.10. The first-order valence-electron chi connectivity index (χ1n) is 10.4. The van der Waals surface area contributed by atoms with E-state index in [-0.39, 0.29) is 4.90 Å². The van der Waals surface area contributed by atoms with Crippen molar-refractivity contribution in [3.05, 3.63) is 95.9 Å². The fourth-order valence-corrected chi connectivity index (χ4v) is 4.54. The van der Waals surface area contributed by atoms with E-state index in [2.05, 4.69) is 44.5 Å². The molecule has 9 heteroatoms. The lowest BCUT2D eigenvalue weighted by molar-refractivity contribution is 0.597. The fourth-order valence-electron chi connectivity index (χ4n) is 3.83. The van der Waals surface area contributed by atoms with E-state index in [0.717, 1.165) is 33.2 Å². The van der Waals surface area contributed by atoms with E-state index in [0.29, 0.717) is 23.0 Å². The standard InChI is InChI=1S/C25H20ClN5O2S/c26-20-10-8-18(9-11-20)17-4-6-19(7-5-17)22-14-29-25-23(22)24(30-15-31-25)28-13-16-2-1-3-21(12-16)34(27,32)33/h1-12,14-15H,13H2,(H2,27,32,33)(H2,28,29,30,31). The molecular weight excluding hydrogens is 470 g/mol. The van der Waals surface area contributed by atoms with E-state index < -0.39 is 10.0 Å². The van der Waals surface area contributed by atoms with Crippen LogP contribution in [0.5, 0.6) is 0 Å². The number of nitrogens with one attached hydrogen (secondary N) is 2. The lowest BCUT2D eigenvalue weighted by Crippen LogP contribution is -2.12. The van der Waals surface area contributed by atoms with Crippen molar-refractivity contribution in [2.24, 2.45) is 5.14 Å². The average molecular weight is 490 g/mol. The Morgan fingerprint density at radius 2 is 1.59 bits per heavy atom. The van der Waals surface area contributed by atoms with Gasteiger partial charge in [-0.2, -0.15) is 0 Å². The van der Waals surface area contributed by atoms with Crippen LogP contribution in [-0.2, 0) is 16.6 Å². The zero-order valence-corrected chi connectivity index (χ0v) is 19.4. The molecule has 170 valence electrons. The average Bonchev–Trinajstić information content (AvgIpc) is 3.28. The van der Waals surface area contributed by atoms with Crippen molar-refractivity contribution in [2.75, 3.05) is 5.32 Å². The number of halogens is 1. The molecule has 34 heavy (non-hydrogen) atoms.